The van der Waals surface area contributed by atoms with E-state index in [1.54, 1.807) is 13.3 Å². The molecule has 1 aliphatic carbocycles. The Labute approximate surface area is 195 Å². The van der Waals surface area contributed by atoms with Crippen LogP contribution in [0.15, 0.2) is 47.6 Å². The van der Waals surface area contributed by atoms with Crippen LogP contribution in [0.4, 0.5) is 11.5 Å². The normalized spacial score (nSPS) is 23.8. The van der Waals surface area contributed by atoms with Crippen LogP contribution < -0.4 is 15.4 Å². The fourth-order valence-corrected chi connectivity index (χ4v) is 5.40. The third kappa shape index (κ3) is 4.54. The van der Waals surface area contributed by atoms with E-state index in [9.17, 15) is 4.79 Å². The summed E-state index contributed by atoms with van der Waals surface area (Å²) in [4.78, 5) is 25.0. The maximum atomic E-state index is 13.3. The molecule has 7 nitrogen and oxygen atoms in total. The molecule has 1 saturated carbocycles. The van der Waals surface area contributed by atoms with Gasteiger partial charge in [0, 0.05) is 19.2 Å². The number of methoxy groups -OCH3 is 1. The van der Waals surface area contributed by atoms with Gasteiger partial charge in [-0.1, -0.05) is 31.0 Å². The molecule has 1 saturated heterocycles. The van der Waals surface area contributed by atoms with E-state index in [0.29, 0.717) is 25.4 Å². The molecular formula is C26H33N5O2. The molecule has 2 fully saturated rings. The van der Waals surface area contributed by atoms with Crippen molar-refractivity contribution < 1.29 is 9.53 Å². The first kappa shape index (κ1) is 21.7. The number of fused-ring (bicyclic) bond motifs is 1. The molecule has 2 N–H and O–H groups in total. The zero-order valence-corrected chi connectivity index (χ0v) is 19.3. The van der Waals surface area contributed by atoms with Gasteiger partial charge in [-0.05, 0) is 55.9 Å². The molecule has 3 aliphatic rings. The molecule has 1 spiro atoms. The Morgan fingerprint density at radius 1 is 1.21 bits per heavy atom. The molecule has 2 aromatic rings. The van der Waals surface area contributed by atoms with Crippen LogP contribution in [0.2, 0.25) is 0 Å². The topological polar surface area (TPSA) is 78.8 Å². The first-order valence-electron chi connectivity index (χ1n) is 12.1. The zero-order chi connectivity index (χ0) is 22.7. The summed E-state index contributed by atoms with van der Waals surface area (Å²) in [7, 11) is 1.68. The smallest absolute Gasteiger partial charge is 0.222 e. The summed E-state index contributed by atoms with van der Waals surface area (Å²) in [6.45, 7) is 1.40. The van der Waals surface area contributed by atoms with Gasteiger partial charge >= 0.3 is 0 Å². The van der Waals surface area contributed by atoms with Crippen molar-refractivity contribution in [2.45, 2.75) is 62.9 Å². The van der Waals surface area contributed by atoms with Crippen molar-refractivity contribution in [2.24, 2.45) is 4.99 Å². The predicted octanol–water partition coefficient (Wildman–Crippen LogP) is 4.26. The number of carbonyl (C=O) groups is 1. The Morgan fingerprint density at radius 2 is 2.06 bits per heavy atom. The lowest BCUT2D eigenvalue weighted by molar-refractivity contribution is -0.132. The molecule has 2 aliphatic heterocycles. The molecule has 7 heteroatoms. The number of aromatic nitrogens is 1. The molecule has 3 heterocycles. The molecule has 5 rings (SSSR count). The first-order chi connectivity index (χ1) is 16.2. The molecule has 1 atom stereocenters. The van der Waals surface area contributed by atoms with Crippen LogP contribution in [0.5, 0.6) is 5.75 Å². The number of nitrogens with one attached hydrogen (secondary N) is 2. The highest BCUT2D eigenvalue weighted by Crippen LogP contribution is 2.36. The number of benzene rings is 1. The van der Waals surface area contributed by atoms with Crippen LogP contribution in [-0.4, -0.2) is 53.4 Å². The number of carbonyl (C=O) groups excluding carboxylic acids is 1. The summed E-state index contributed by atoms with van der Waals surface area (Å²) in [6.07, 6.45) is 9.58. The molecule has 1 aromatic heterocycles. The van der Waals surface area contributed by atoms with Gasteiger partial charge in [0.25, 0.3) is 0 Å². The second kappa shape index (κ2) is 9.41. The van der Waals surface area contributed by atoms with E-state index in [1.807, 2.05) is 41.3 Å². The summed E-state index contributed by atoms with van der Waals surface area (Å²) in [5.41, 5.74) is 1.66. The number of aryl methyl sites for hydroxylation is 1. The lowest BCUT2D eigenvalue weighted by Crippen LogP contribution is -2.62. The van der Waals surface area contributed by atoms with E-state index in [2.05, 4.69) is 15.6 Å². The summed E-state index contributed by atoms with van der Waals surface area (Å²) < 4.78 is 5.46. The number of pyridine rings is 1. The summed E-state index contributed by atoms with van der Waals surface area (Å²) in [5, 5.41) is 7.28. The maximum Gasteiger partial charge on any atom is 0.222 e. The second-order valence-corrected chi connectivity index (χ2v) is 9.38. The van der Waals surface area contributed by atoms with Gasteiger partial charge in [0.2, 0.25) is 5.91 Å². The molecule has 33 heavy (non-hydrogen) atoms. The molecule has 174 valence electrons. The highest BCUT2D eigenvalue weighted by atomic mass is 16.5. The van der Waals surface area contributed by atoms with Gasteiger partial charge in [0.15, 0.2) is 5.82 Å². The maximum absolute atomic E-state index is 13.3. The van der Waals surface area contributed by atoms with E-state index >= 15 is 0 Å². The van der Waals surface area contributed by atoms with Gasteiger partial charge in [0.05, 0.1) is 25.4 Å². The van der Waals surface area contributed by atoms with Crippen LogP contribution in [-0.2, 0) is 11.2 Å². The van der Waals surface area contributed by atoms with Gasteiger partial charge in [-0.15, -0.1) is 0 Å². The highest BCUT2D eigenvalue weighted by Gasteiger charge is 2.45. The van der Waals surface area contributed by atoms with Crippen molar-refractivity contribution in [3.8, 4) is 5.75 Å². The van der Waals surface area contributed by atoms with Crippen molar-refractivity contribution in [2.75, 3.05) is 30.8 Å². The number of amides is 1. The van der Waals surface area contributed by atoms with Crippen molar-refractivity contribution in [1.82, 2.24) is 9.88 Å². The van der Waals surface area contributed by atoms with Crippen LogP contribution in [0.1, 0.15) is 50.5 Å². The van der Waals surface area contributed by atoms with Crippen LogP contribution in [0.3, 0.4) is 0 Å². The fourth-order valence-electron chi connectivity index (χ4n) is 5.40. The van der Waals surface area contributed by atoms with Gasteiger partial charge in [-0.3, -0.25) is 9.79 Å². The Hall–Kier alpha value is -3.09. The van der Waals surface area contributed by atoms with E-state index in [4.69, 9.17) is 9.73 Å². The standard InChI is InChI=1S/C26H33N5O2/c1-33-22-12-5-2-8-19(22)13-14-23(32)31-17-7-15-26(18-31)25(28-20-9-3-4-10-20)29-24-21(30-26)11-6-16-27-24/h2,5-6,8,11-12,16,20,30H,3-4,7,9-10,13-15,17-18H2,1H3,(H,27,28,29)/t26-/m0/s1. The molecular weight excluding hydrogens is 414 g/mol. The van der Waals surface area contributed by atoms with Crippen molar-refractivity contribution in [3.63, 3.8) is 0 Å². The van der Waals surface area contributed by atoms with E-state index in [1.165, 1.54) is 12.8 Å². The number of hydrogen-bond acceptors (Lipinski definition) is 5. The number of piperidine rings is 1. The van der Waals surface area contributed by atoms with E-state index < -0.39 is 5.54 Å². The fraction of sp³-hybridized carbons (Fsp3) is 0.500. The Balaban J connectivity index is 1.35. The quantitative estimate of drug-likeness (QED) is 0.716. The van der Waals surface area contributed by atoms with Crippen molar-refractivity contribution in [1.29, 1.82) is 0 Å². The Morgan fingerprint density at radius 3 is 2.91 bits per heavy atom. The number of aliphatic imine (C=N–C) groups is 1. The zero-order valence-electron chi connectivity index (χ0n) is 19.3. The van der Waals surface area contributed by atoms with Gasteiger partial charge in [0.1, 0.15) is 17.1 Å². The van der Waals surface area contributed by atoms with Gasteiger partial charge < -0.3 is 20.3 Å². The van der Waals surface area contributed by atoms with E-state index in [-0.39, 0.29) is 5.91 Å². The minimum absolute atomic E-state index is 0.180. The van der Waals surface area contributed by atoms with Crippen LogP contribution in [0, 0.1) is 0 Å². The summed E-state index contributed by atoms with van der Waals surface area (Å²) in [6, 6.07) is 12.3. The Bertz CT molecular complexity index is 1030. The first-order valence-corrected chi connectivity index (χ1v) is 12.1. The largest absolute Gasteiger partial charge is 0.496 e. The van der Waals surface area contributed by atoms with Crippen molar-refractivity contribution in [3.05, 3.63) is 48.2 Å². The number of amidine groups is 1. The monoisotopic (exact) mass is 447 g/mol. The number of para-hydroxylation sites is 1. The van der Waals surface area contributed by atoms with Crippen LogP contribution >= 0.6 is 0 Å². The molecule has 0 bridgehead atoms. The van der Waals surface area contributed by atoms with Crippen molar-refractivity contribution >= 4 is 23.2 Å². The third-order valence-electron chi connectivity index (χ3n) is 7.15. The lowest BCUT2D eigenvalue weighted by Gasteiger charge is -2.47. The Kier molecular flexibility index (Phi) is 6.20. The minimum Gasteiger partial charge on any atom is -0.496 e. The molecule has 1 aromatic carbocycles. The molecule has 1 amide bonds. The van der Waals surface area contributed by atoms with E-state index in [0.717, 1.165) is 60.9 Å². The number of nitrogens with zero attached hydrogens (tertiary/aromatic N) is 3. The number of hydrogen-bond donors (Lipinski definition) is 2. The van der Waals surface area contributed by atoms with Crippen LogP contribution in [0.25, 0.3) is 0 Å². The SMILES string of the molecule is COc1ccccc1CCC(=O)N1CCC[C@@]2(C1)Nc1cccnc1NC2=NC1CCCC1. The lowest BCUT2D eigenvalue weighted by atomic mass is 9.85. The number of anilines is 2. The number of rotatable bonds is 5. The molecule has 0 unspecified atom stereocenters. The number of ether oxygens (including phenoxy) is 1. The third-order valence-corrected chi connectivity index (χ3v) is 7.15. The van der Waals surface area contributed by atoms with Gasteiger partial charge in [-0.25, -0.2) is 4.98 Å². The predicted molar refractivity (Wildman–Crippen MR) is 131 cm³/mol. The second-order valence-electron chi connectivity index (χ2n) is 9.38. The minimum atomic E-state index is -0.392. The van der Waals surface area contributed by atoms with Gasteiger partial charge in [-0.2, -0.15) is 0 Å². The highest BCUT2D eigenvalue weighted by molar-refractivity contribution is 6.09. The average Bonchev–Trinajstić information content (AvgIpc) is 3.36. The summed E-state index contributed by atoms with van der Waals surface area (Å²) >= 11 is 0. The summed E-state index contributed by atoms with van der Waals surface area (Å²) in [5.74, 6) is 2.79. The number of likely N-dealkylation sites (tertiary alicyclic amines) is 1. The average molecular weight is 448 g/mol. The molecule has 0 radical (unpaired) electrons.